The van der Waals surface area contributed by atoms with E-state index in [0.717, 1.165) is 24.8 Å². The van der Waals surface area contributed by atoms with E-state index in [4.69, 9.17) is 5.73 Å². The fraction of sp³-hybridized carbons (Fsp3) is 0.538. The number of halogens is 2. The molecular formula is C13H17F2N. The van der Waals surface area contributed by atoms with E-state index >= 15 is 0 Å². The first kappa shape index (κ1) is 11.5. The van der Waals surface area contributed by atoms with E-state index in [-0.39, 0.29) is 0 Å². The quantitative estimate of drug-likeness (QED) is 0.779. The van der Waals surface area contributed by atoms with Gasteiger partial charge in [-0.3, -0.25) is 0 Å². The zero-order valence-electron chi connectivity index (χ0n) is 9.47. The Kier molecular flexibility index (Phi) is 2.98. The first-order valence-electron chi connectivity index (χ1n) is 5.76. The maximum atomic E-state index is 13.2. The fourth-order valence-corrected chi connectivity index (χ4v) is 2.66. The van der Waals surface area contributed by atoms with Crippen molar-refractivity contribution in [3.63, 3.8) is 0 Å². The molecule has 88 valence electrons. The average Bonchev–Trinajstić information content (AvgIpc) is 2.21. The van der Waals surface area contributed by atoms with Crippen molar-refractivity contribution in [1.82, 2.24) is 0 Å². The Hall–Kier alpha value is -0.960. The highest BCUT2D eigenvalue weighted by Crippen LogP contribution is 2.37. The maximum absolute atomic E-state index is 13.2. The third kappa shape index (κ3) is 2.09. The third-order valence-corrected chi connectivity index (χ3v) is 3.53. The molecule has 0 radical (unpaired) electrons. The van der Waals surface area contributed by atoms with Gasteiger partial charge in [0.25, 0.3) is 0 Å². The molecule has 0 saturated heterocycles. The summed E-state index contributed by atoms with van der Waals surface area (Å²) >= 11 is 0. The molecule has 0 aliphatic heterocycles. The van der Waals surface area contributed by atoms with Gasteiger partial charge >= 0.3 is 0 Å². The minimum absolute atomic E-state index is 0.480. The molecule has 1 aliphatic rings. The summed E-state index contributed by atoms with van der Waals surface area (Å²) in [6.07, 6.45) is 3.92. The molecule has 3 heteroatoms. The van der Waals surface area contributed by atoms with Gasteiger partial charge in [0.2, 0.25) is 0 Å². The Morgan fingerprint density at radius 3 is 2.69 bits per heavy atom. The van der Waals surface area contributed by atoms with Crippen LogP contribution in [0.5, 0.6) is 0 Å². The van der Waals surface area contributed by atoms with Gasteiger partial charge in [-0.15, -0.1) is 0 Å². The van der Waals surface area contributed by atoms with Crippen LogP contribution in [0, 0.1) is 17.6 Å². The standard InChI is InChI=1S/C13H17F2N/c1-9-3-2-6-13(16,8-9)10-4-5-11(14)12(15)7-10/h4-5,7,9H,2-3,6,8,16H2,1H3. The predicted molar refractivity (Wildman–Crippen MR) is 59.9 cm³/mol. The number of rotatable bonds is 1. The van der Waals surface area contributed by atoms with Crippen LogP contribution in [0.25, 0.3) is 0 Å². The third-order valence-electron chi connectivity index (χ3n) is 3.53. The number of nitrogens with two attached hydrogens (primary N) is 1. The van der Waals surface area contributed by atoms with Crippen LogP contribution in [-0.2, 0) is 5.54 Å². The van der Waals surface area contributed by atoms with E-state index in [1.54, 1.807) is 6.07 Å². The summed E-state index contributed by atoms with van der Waals surface area (Å²) in [5.74, 6) is -1.07. The van der Waals surface area contributed by atoms with E-state index < -0.39 is 17.2 Å². The van der Waals surface area contributed by atoms with Crippen LogP contribution < -0.4 is 5.73 Å². The molecule has 1 fully saturated rings. The van der Waals surface area contributed by atoms with Gasteiger partial charge in [0.15, 0.2) is 11.6 Å². The van der Waals surface area contributed by atoms with Gasteiger partial charge in [0.05, 0.1) is 0 Å². The molecule has 2 N–H and O–H groups in total. The highest BCUT2D eigenvalue weighted by atomic mass is 19.2. The van der Waals surface area contributed by atoms with Crippen LogP contribution in [-0.4, -0.2) is 0 Å². The molecule has 16 heavy (non-hydrogen) atoms. The zero-order chi connectivity index (χ0) is 11.8. The fourth-order valence-electron chi connectivity index (χ4n) is 2.66. The molecule has 0 amide bonds. The van der Waals surface area contributed by atoms with Gasteiger partial charge in [-0.2, -0.15) is 0 Å². The lowest BCUT2D eigenvalue weighted by Gasteiger charge is -2.37. The summed E-state index contributed by atoms with van der Waals surface area (Å²) in [7, 11) is 0. The topological polar surface area (TPSA) is 26.0 Å². The van der Waals surface area contributed by atoms with E-state index in [0.29, 0.717) is 5.92 Å². The van der Waals surface area contributed by atoms with Crippen LogP contribution in [0.4, 0.5) is 8.78 Å². The molecule has 1 saturated carbocycles. The number of hydrogen-bond acceptors (Lipinski definition) is 1. The van der Waals surface area contributed by atoms with Gasteiger partial charge in [-0.05, 0) is 36.5 Å². The minimum Gasteiger partial charge on any atom is -0.321 e. The summed E-state index contributed by atoms with van der Waals surface area (Å²) in [5, 5.41) is 0. The summed E-state index contributed by atoms with van der Waals surface area (Å²) in [4.78, 5) is 0. The SMILES string of the molecule is CC1CCCC(N)(c2ccc(F)c(F)c2)C1. The second-order valence-electron chi connectivity index (χ2n) is 4.99. The van der Waals surface area contributed by atoms with Gasteiger partial charge in [0, 0.05) is 5.54 Å². The summed E-state index contributed by atoms with van der Waals surface area (Å²) in [6.45, 7) is 2.15. The van der Waals surface area contributed by atoms with Crippen molar-refractivity contribution >= 4 is 0 Å². The molecule has 2 atom stereocenters. The Morgan fingerprint density at radius 1 is 1.31 bits per heavy atom. The van der Waals surface area contributed by atoms with Gasteiger partial charge in [-0.1, -0.05) is 25.8 Å². The van der Waals surface area contributed by atoms with Crippen molar-refractivity contribution < 1.29 is 8.78 Å². The summed E-state index contributed by atoms with van der Waals surface area (Å²) in [5.41, 5.74) is 6.54. The first-order chi connectivity index (χ1) is 7.51. The van der Waals surface area contributed by atoms with Crippen molar-refractivity contribution in [2.45, 2.75) is 38.1 Å². The predicted octanol–water partition coefficient (Wildman–Crippen LogP) is 3.33. The molecular weight excluding hydrogens is 208 g/mol. The van der Waals surface area contributed by atoms with E-state index in [1.807, 2.05) is 0 Å². The normalized spacial score (nSPS) is 30.4. The minimum atomic E-state index is -0.809. The van der Waals surface area contributed by atoms with Crippen molar-refractivity contribution in [2.24, 2.45) is 11.7 Å². The van der Waals surface area contributed by atoms with E-state index in [2.05, 4.69) is 6.92 Å². The van der Waals surface area contributed by atoms with Gasteiger partial charge in [-0.25, -0.2) is 8.78 Å². The highest BCUT2D eigenvalue weighted by Gasteiger charge is 2.33. The molecule has 1 aromatic rings. The van der Waals surface area contributed by atoms with Crippen LogP contribution in [0.15, 0.2) is 18.2 Å². The number of benzene rings is 1. The Labute approximate surface area is 94.7 Å². The van der Waals surface area contributed by atoms with Crippen molar-refractivity contribution in [1.29, 1.82) is 0 Å². The van der Waals surface area contributed by atoms with Crippen molar-refractivity contribution in [2.75, 3.05) is 0 Å². The molecule has 2 rings (SSSR count). The molecule has 1 aromatic carbocycles. The second kappa shape index (κ2) is 4.13. The smallest absolute Gasteiger partial charge is 0.159 e. The lowest BCUT2D eigenvalue weighted by Crippen LogP contribution is -2.41. The summed E-state index contributed by atoms with van der Waals surface area (Å²) in [6, 6.07) is 4.02. The van der Waals surface area contributed by atoms with E-state index in [9.17, 15) is 8.78 Å². The molecule has 0 bridgehead atoms. The molecule has 2 unspecified atom stereocenters. The molecule has 0 aromatic heterocycles. The Morgan fingerprint density at radius 2 is 2.06 bits per heavy atom. The Balaban J connectivity index is 2.31. The molecule has 1 nitrogen and oxygen atoms in total. The van der Waals surface area contributed by atoms with Crippen LogP contribution in [0.3, 0.4) is 0 Å². The lowest BCUT2D eigenvalue weighted by molar-refractivity contribution is 0.238. The lowest BCUT2D eigenvalue weighted by atomic mass is 9.73. The van der Waals surface area contributed by atoms with Crippen molar-refractivity contribution in [3.05, 3.63) is 35.4 Å². The van der Waals surface area contributed by atoms with Gasteiger partial charge < -0.3 is 5.73 Å². The molecule has 1 aliphatic carbocycles. The average molecular weight is 225 g/mol. The highest BCUT2D eigenvalue weighted by molar-refractivity contribution is 5.26. The maximum Gasteiger partial charge on any atom is 0.159 e. The van der Waals surface area contributed by atoms with Crippen molar-refractivity contribution in [3.8, 4) is 0 Å². The Bertz CT molecular complexity index is 392. The van der Waals surface area contributed by atoms with Crippen LogP contribution >= 0.6 is 0 Å². The van der Waals surface area contributed by atoms with Gasteiger partial charge in [0.1, 0.15) is 0 Å². The first-order valence-corrected chi connectivity index (χ1v) is 5.76. The monoisotopic (exact) mass is 225 g/mol. The largest absolute Gasteiger partial charge is 0.321 e. The number of hydrogen-bond donors (Lipinski definition) is 1. The van der Waals surface area contributed by atoms with Crippen LogP contribution in [0.2, 0.25) is 0 Å². The zero-order valence-corrected chi connectivity index (χ0v) is 9.47. The summed E-state index contributed by atoms with van der Waals surface area (Å²) < 4.78 is 26.0. The second-order valence-corrected chi connectivity index (χ2v) is 4.99. The van der Waals surface area contributed by atoms with Crippen LogP contribution in [0.1, 0.15) is 38.2 Å². The molecule has 0 spiro atoms. The van der Waals surface area contributed by atoms with E-state index in [1.165, 1.54) is 18.6 Å². The molecule has 0 heterocycles.